The first kappa shape index (κ1) is 12.5. The van der Waals surface area contributed by atoms with Crippen LogP contribution in [0, 0.1) is 11.3 Å². The molecule has 0 aromatic heterocycles. The van der Waals surface area contributed by atoms with E-state index in [0.29, 0.717) is 17.2 Å². The van der Waals surface area contributed by atoms with E-state index in [0.717, 1.165) is 32.5 Å². The fourth-order valence-corrected chi connectivity index (χ4v) is 4.21. The maximum absolute atomic E-state index is 12.5. The first-order valence-electron chi connectivity index (χ1n) is 7.79. The molecule has 3 fully saturated rings. The molecule has 1 aliphatic carbocycles. The molecule has 1 unspecified atom stereocenters. The summed E-state index contributed by atoms with van der Waals surface area (Å²) < 4.78 is 0. The van der Waals surface area contributed by atoms with E-state index in [4.69, 9.17) is 0 Å². The second kappa shape index (κ2) is 5.20. The zero-order chi connectivity index (χ0) is 12.4. The predicted octanol–water partition coefficient (Wildman–Crippen LogP) is 2.17. The molecular weight excluding hydrogens is 224 g/mol. The monoisotopic (exact) mass is 250 g/mol. The summed E-state index contributed by atoms with van der Waals surface area (Å²) in [5.74, 6) is 0.828. The molecule has 18 heavy (non-hydrogen) atoms. The van der Waals surface area contributed by atoms with Crippen LogP contribution in [0.4, 0.5) is 0 Å². The maximum atomic E-state index is 12.5. The van der Waals surface area contributed by atoms with Crippen LogP contribution in [0.2, 0.25) is 0 Å². The second-order valence-electron chi connectivity index (χ2n) is 6.63. The van der Waals surface area contributed by atoms with E-state index in [9.17, 15) is 4.79 Å². The molecule has 1 N–H and O–H groups in total. The van der Waals surface area contributed by atoms with Gasteiger partial charge in [-0.1, -0.05) is 12.8 Å². The van der Waals surface area contributed by atoms with Crippen LogP contribution in [-0.2, 0) is 4.79 Å². The molecule has 0 radical (unpaired) electrons. The van der Waals surface area contributed by atoms with Crippen LogP contribution in [0.1, 0.15) is 51.4 Å². The number of hydrogen-bond acceptors (Lipinski definition) is 2. The summed E-state index contributed by atoms with van der Waals surface area (Å²) in [6.45, 7) is 4.33. The minimum atomic E-state index is 0.358. The molecule has 3 heteroatoms. The topological polar surface area (TPSA) is 32.3 Å². The molecule has 1 amide bonds. The lowest BCUT2D eigenvalue weighted by Gasteiger charge is -2.46. The van der Waals surface area contributed by atoms with E-state index < -0.39 is 0 Å². The van der Waals surface area contributed by atoms with Gasteiger partial charge < -0.3 is 10.2 Å². The summed E-state index contributed by atoms with van der Waals surface area (Å²) >= 11 is 0. The van der Waals surface area contributed by atoms with Crippen molar-refractivity contribution in [2.45, 2.75) is 51.4 Å². The minimum absolute atomic E-state index is 0.358. The van der Waals surface area contributed by atoms with Gasteiger partial charge in [-0.15, -0.1) is 0 Å². The highest BCUT2D eigenvalue weighted by atomic mass is 16.2. The molecule has 1 spiro atoms. The first-order chi connectivity index (χ1) is 8.79. The largest absolute Gasteiger partial charge is 0.342 e. The smallest absolute Gasteiger partial charge is 0.225 e. The Bertz CT molecular complexity index is 298. The lowest BCUT2D eigenvalue weighted by molar-refractivity contribution is -0.139. The van der Waals surface area contributed by atoms with Crippen molar-refractivity contribution in [1.82, 2.24) is 10.2 Å². The Hall–Kier alpha value is -0.570. The van der Waals surface area contributed by atoms with Crippen LogP contribution in [0.15, 0.2) is 0 Å². The second-order valence-corrected chi connectivity index (χ2v) is 6.63. The van der Waals surface area contributed by atoms with Gasteiger partial charge in [-0.05, 0) is 45.1 Å². The molecule has 0 bridgehead atoms. The Balaban J connectivity index is 1.64. The number of rotatable bonds is 1. The molecule has 2 saturated heterocycles. The van der Waals surface area contributed by atoms with E-state index in [1.165, 1.54) is 45.1 Å². The van der Waals surface area contributed by atoms with Crippen molar-refractivity contribution >= 4 is 5.91 Å². The zero-order valence-corrected chi connectivity index (χ0v) is 11.4. The lowest BCUT2D eigenvalue weighted by atomic mass is 9.74. The van der Waals surface area contributed by atoms with E-state index in [-0.39, 0.29) is 0 Å². The highest BCUT2D eigenvalue weighted by molar-refractivity contribution is 5.79. The number of piperidine rings is 2. The van der Waals surface area contributed by atoms with E-state index in [1.54, 1.807) is 0 Å². The Morgan fingerprint density at radius 1 is 1.11 bits per heavy atom. The summed E-state index contributed by atoms with van der Waals surface area (Å²) in [7, 11) is 0. The molecule has 3 aliphatic rings. The van der Waals surface area contributed by atoms with Crippen molar-refractivity contribution in [1.29, 1.82) is 0 Å². The molecule has 1 saturated carbocycles. The number of nitrogens with one attached hydrogen (secondary N) is 1. The predicted molar refractivity (Wildman–Crippen MR) is 72.3 cm³/mol. The molecule has 2 aliphatic heterocycles. The third-order valence-electron chi connectivity index (χ3n) is 5.24. The van der Waals surface area contributed by atoms with Gasteiger partial charge in [-0.25, -0.2) is 0 Å². The van der Waals surface area contributed by atoms with Gasteiger partial charge in [-0.3, -0.25) is 4.79 Å². The highest BCUT2D eigenvalue weighted by Gasteiger charge is 2.39. The summed E-state index contributed by atoms with van der Waals surface area (Å²) in [6.07, 6.45) is 9.92. The van der Waals surface area contributed by atoms with Crippen molar-refractivity contribution in [2.24, 2.45) is 11.3 Å². The third-order valence-corrected chi connectivity index (χ3v) is 5.24. The molecule has 3 nitrogen and oxygen atoms in total. The first-order valence-corrected chi connectivity index (χ1v) is 7.79. The van der Waals surface area contributed by atoms with Gasteiger partial charge in [0, 0.05) is 31.0 Å². The third kappa shape index (κ3) is 2.42. The van der Waals surface area contributed by atoms with Gasteiger partial charge in [0.1, 0.15) is 0 Å². The van der Waals surface area contributed by atoms with Crippen molar-refractivity contribution in [3.8, 4) is 0 Å². The molecule has 0 aromatic rings. The van der Waals surface area contributed by atoms with Crippen LogP contribution < -0.4 is 5.32 Å². The molecule has 2 heterocycles. The van der Waals surface area contributed by atoms with Crippen LogP contribution >= 0.6 is 0 Å². The van der Waals surface area contributed by atoms with Gasteiger partial charge in [0.15, 0.2) is 0 Å². The summed E-state index contributed by atoms with van der Waals surface area (Å²) in [5, 5.41) is 3.54. The van der Waals surface area contributed by atoms with E-state index in [1.807, 2.05) is 0 Å². The maximum Gasteiger partial charge on any atom is 0.225 e. The van der Waals surface area contributed by atoms with E-state index >= 15 is 0 Å². The minimum Gasteiger partial charge on any atom is -0.342 e. The average molecular weight is 250 g/mol. The summed E-state index contributed by atoms with van der Waals surface area (Å²) in [5.41, 5.74) is 0.408. The quantitative estimate of drug-likeness (QED) is 0.773. The number of likely N-dealkylation sites (tertiary alicyclic amines) is 1. The highest BCUT2D eigenvalue weighted by Crippen LogP contribution is 2.37. The molecule has 1 atom stereocenters. The summed E-state index contributed by atoms with van der Waals surface area (Å²) in [4.78, 5) is 14.7. The Morgan fingerprint density at radius 2 is 1.89 bits per heavy atom. The van der Waals surface area contributed by atoms with Gasteiger partial charge in [-0.2, -0.15) is 0 Å². The molecule has 102 valence electrons. The number of carbonyl (C=O) groups excluding carboxylic acids is 1. The van der Waals surface area contributed by atoms with Crippen LogP contribution in [0.5, 0.6) is 0 Å². The number of hydrogen-bond donors (Lipinski definition) is 1. The van der Waals surface area contributed by atoms with Crippen LogP contribution in [0.3, 0.4) is 0 Å². The van der Waals surface area contributed by atoms with Gasteiger partial charge in [0.05, 0.1) is 0 Å². The Labute approximate surface area is 110 Å². The standard InChI is InChI=1S/C15H26N2O/c18-14(13-5-1-2-6-13)17-10-4-8-15(12-17)7-3-9-16-11-15/h13,16H,1-12H2. The van der Waals surface area contributed by atoms with Crippen LogP contribution in [-0.4, -0.2) is 37.0 Å². The number of carbonyl (C=O) groups is 1. The van der Waals surface area contributed by atoms with Crippen LogP contribution in [0.25, 0.3) is 0 Å². The van der Waals surface area contributed by atoms with Gasteiger partial charge >= 0.3 is 0 Å². The van der Waals surface area contributed by atoms with Gasteiger partial charge in [0.25, 0.3) is 0 Å². The molecule has 3 rings (SSSR count). The number of amides is 1. The van der Waals surface area contributed by atoms with Crippen molar-refractivity contribution < 1.29 is 4.79 Å². The normalized spacial score (nSPS) is 34.1. The van der Waals surface area contributed by atoms with Crippen molar-refractivity contribution in [3.05, 3.63) is 0 Å². The fraction of sp³-hybridized carbons (Fsp3) is 0.933. The SMILES string of the molecule is O=C(C1CCCC1)N1CCCC2(CCCNC2)C1. The zero-order valence-electron chi connectivity index (χ0n) is 11.4. The number of nitrogens with zero attached hydrogens (tertiary/aromatic N) is 1. The van der Waals surface area contributed by atoms with Crippen molar-refractivity contribution in [3.63, 3.8) is 0 Å². The summed E-state index contributed by atoms with van der Waals surface area (Å²) in [6, 6.07) is 0. The fourth-order valence-electron chi connectivity index (χ4n) is 4.21. The molecular formula is C15H26N2O. The Kier molecular flexibility index (Phi) is 3.60. The molecule has 0 aromatic carbocycles. The average Bonchev–Trinajstić information content (AvgIpc) is 2.93. The lowest BCUT2D eigenvalue weighted by Crippen LogP contribution is -2.53. The van der Waals surface area contributed by atoms with Gasteiger partial charge in [0.2, 0.25) is 5.91 Å². The van der Waals surface area contributed by atoms with E-state index in [2.05, 4.69) is 10.2 Å². The Morgan fingerprint density at radius 3 is 2.61 bits per heavy atom. The van der Waals surface area contributed by atoms with Crippen molar-refractivity contribution in [2.75, 3.05) is 26.2 Å².